The van der Waals surface area contributed by atoms with Crippen molar-refractivity contribution in [1.82, 2.24) is 14.7 Å². The predicted molar refractivity (Wildman–Crippen MR) is 82.2 cm³/mol. The van der Waals surface area contributed by atoms with Crippen LogP contribution in [0.15, 0.2) is 35.3 Å². The zero-order valence-electron chi connectivity index (χ0n) is 11.9. The minimum Gasteiger partial charge on any atom is -0.336 e. The molecule has 4 nitrogen and oxygen atoms in total. The Bertz CT molecular complexity index is 594. The fourth-order valence-corrected chi connectivity index (χ4v) is 4.60. The molecule has 1 amide bonds. The maximum Gasteiger partial charge on any atom is 0.227 e. The molecule has 0 N–H and O–H groups in total. The van der Waals surface area contributed by atoms with Gasteiger partial charge in [-0.05, 0) is 54.1 Å². The number of carbonyl (C=O) groups is 1. The molecular formula is C16H19N3OS. The summed E-state index contributed by atoms with van der Waals surface area (Å²) in [6.45, 7) is 0. The maximum atomic E-state index is 12.6. The number of aromatic nitrogens is 2. The van der Waals surface area contributed by atoms with Crippen molar-refractivity contribution in [2.75, 3.05) is 0 Å². The molecule has 2 aromatic rings. The molecule has 0 radical (unpaired) electrons. The molecule has 2 unspecified atom stereocenters. The average Bonchev–Trinajstić information content (AvgIpc) is 3.20. The zero-order chi connectivity index (χ0) is 14.2. The third kappa shape index (κ3) is 2.39. The van der Waals surface area contributed by atoms with Crippen LogP contribution in [0, 0.1) is 0 Å². The molecule has 2 atom stereocenters. The van der Waals surface area contributed by atoms with E-state index in [2.05, 4.69) is 26.1 Å². The van der Waals surface area contributed by atoms with Gasteiger partial charge in [-0.3, -0.25) is 9.48 Å². The summed E-state index contributed by atoms with van der Waals surface area (Å²) in [5, 5.41) is 8.50. The fraction of sp³-hybridized carbons (Fsp3) is 0.500. The minimum absolute atomic E-state index is 0.305. The molecule has 2 aliphatic heterocycles. The summed E-state index contributed by atoms with van der Waals surface area (Å²) in [6, 6.07) is 5.31. The van der Waals surface area contributed by atoms with Crippen molar-refractivity contribution < 1.29 is 4.79 Å². The number of hydrogen-bond donors (Lipinski definition) is 0. The number of nitrogens with zero attached hydrogens (tertiary/aromatic N) is 3. The van der Waals surface area contributed by atoms with Gasteiger partial charge in [-0.15, -0.1) is 0 Å². The van der Waals surface area contributed by atoms with E-state index >= 15 is 0 Å². The molecule has 2 saturated heterocycles. The number of carbonyl (C=O) groups excluding carboxylic acids is 1. The van der Waals surface area contributed by atoms with Crippen LogP contribution in [-0.4, -0.2) is 32.7 Å². The van der Waals surface area contributed by atoms with E-state index in [1.807, 2.05) is 23.8 Å². The second-order valence-corrected chi connectivity index (χ2v) is 6.89. The summed E-state index contributed by atoms with van der Waals surface area (Å²) >= 11 is 1.66. The Kier molecular flexibility index (Phi) is 3.30. The van der Waals surface area contributed by atoms with Crippen LogP contribution in [0.2, 0.25) is 0 Å². The van der Waals surface area contributed by atoms with Crippen LogP contribution in [0.3, 0.4) is 0 Å². The van der Waals surface area contributed by atoms with E-state index in [4.69, 9.17) is 0 Å². The topological polar surface area (TPSA) is 38.1 Å². The second kappa shape index (κ2) is 5.30. The standard InChI is InChI=1S/C16H19N3OS/c20-16(8-12-4-7-21-11-12)19-13-2-3-14(19)10-15(9-13)18-6-1-5-17-18/h1,4-7,11,13-15H,2-3,8-10H2. The number of amides is 1. The third-order valence-corrected chi connectivity index (χ3v) is 5.56. The van der Waals surface area contributed by atoms with Gasteiger partial charge in [-0.2, -0.15) is 16.4 Å². The van der Waals surface area contributed by atoms with Crippen molar-refractivity contribution in [3.8, 4) is 0 Å². The summed E-state index contributed by atoms with van der Waals surface area (Å²) in [6.07, 6.45) is 8.85. The van der Waals surface area contributed by atoms with Crippen molar-refractivity contribution in [3.63, 3.8) is 0 Å². The molecule has 110 valence electrons. The van der Waals surface area contributed by atoms with Gasteiger partial charge in [0, 0.05) is 24.5 Å². The average molecular weight is 301 g/mol. The highest BCUT2D eigenvalue weighted by atomic mass is 32.1. The number of thiophene rings is 1. The zero-order valence-corrected chi connectivity index (χ0v) is 12.7. The minimum atomic E-state index is 0.305. The van der Waals surface area contributed by atoms with Gasteiger partial charge in [0.05, 0.1) is 12.5 Å². The molecule has 4 rings (SSSR count). The largest absolute Gasteiger partial charge is 0.336 e. The summed E-state index contributed by atoms with van der Waals surface area (Å²) in [7, 11) is 0. The molecule has 4 heterocycles. The smallest absolute Gasteiger partial charge is 0.227 e. The molecule has 5 heteroatoms. The molecule has 0 spiro atoms. The number of hydrogen-bond acceptors (Lipinski definition) is 3. The Morgan fingerprint density at radius 3 is 2.71 bits per heavy atom. The van der Waals surface area contributed by atoms with Crippen molar-refractivity contribution >= 4 is 17.2 Å². The monoisotopic (exact) mass is 301 g/mol. The lowest BCUT2D eigenvalue weighted by molar-refractivity contribution is -0.135. The number of fused-ring (bicyclic) bond motifs is 2. The third-order valence-electron chi connectivity index (χ3n) is 4.83. The van der Waals surface area contributed by atoms with Gasteiger partial charge in [0.2, 0.25) is 5.91 Å². The van der Waals surface area contributed by atoms with Crippen LogP contribution in [0.5, 0.6) is 0 Å². The van der Waals surface area contributed by atoms with Crippen LogP contribution < -0.4 is 0 Å². The normalized spacial score (nSPS) is 28.0. The summed E-state index contributed by atoms with van der Waals surface area (Å²) in [5.41, 5.74) is 1.15. The van der Waals surface area contributed by atoms with Crippen LogP contribution in [0.4, 0.5) is 0 Å². The lowest BCUT2D eigenvalue weighted by atomic mass is 9.96. The lowest BCUT2D eigenvalue weighted by Gasteiger charge is -2.39. The fourth-order valence-electron chi connectivity index (χ4n) is 3.93. The highest BCUT2D eigenvalue weighted by Gasteiger charge is 2.43. The molecule has 0 aromatic carbocycles. The van der Waals surface area contributed by atoms with Crippen LogP contribution >= 0.6 is 11.3 Å². The summed E-state index contributed by atoms with van der Waals surface area (Å²) in [4.78, 5) is 14.8. The maximum absolute atomic E-state index is 12.6. The van der Waals surface area contributed by atoms with Gasteiger partial charge in [0.25, 0.3) is 0 Å². The quantitative estimate of drug-likeness (QED) is 0.874. The van der Waals surface area contributed by atoms with Gasteiger partial charge in [0.1, 0.15) is 0 Å². The van der Waals surface area contributed by atoms with E-state index in [1.165, 1.54) is 0 Å². The van der Waals surface area contributed by atoms with Crippen molar-refractivity contribution in [1.29, 1.82) is 0 Å². The molecule has 2 fully saturated rings. The first kappa shape index (κ1) is 13.1. The van der Waals surface area contributed by atoms with Gasteiger partial charge in [-0.1, -0.05) is 0 Å². The van der Waals surface area contributed by atoms with E-state index in [1.54, 1.807) is 11.3 Å². The molecule has 2 aromatic heterocycles. The number of piperidine rings is 1. The van der Waals surface area contributed by atoms with Crippen LogP contribution in [0.1, 0.15) is 37.3 Å². The highest BCUT2D eigenvalue weighted by Crippen LogP contribution is 2.40. The number of rotatable bonds is 3. The highest BCUT2D eigenvalue weighted by molar-refractivity contribution is 7.07. The molecule has 0 aliphatic carbocycles. The predicted octanol–water partition coefficient (Wildman–Crippen LogP) is 2.88. The van der Waals surface area contributed by atoms with Crippen LogP contribution in [-0.2, 0) is 11.2 Å². The Hall–Kier alpha value is -1.62. The van der Waals surface area contributed by atoms with Gasteiger partial charge >= 0.3 is 0 Å². The molecular weight excluding hydrogens is 282 g/mol. The molecule has 2 bridgehead atoms. The summed E-state index contributed by atoms with van der Waals surface area (Å²) < 4.78 is 2.08. The lowest BCUT2D eigenvalue weighted by Crippen LogP contribution is -2.47. The van der Waals surface area contributed by atoms with Crippen LogP contribution in [0.25, 0.3) is 0 Å². The Morgan fingerprint density at radius 1 is 1.29 bits per heavy atom. The van der Waals surface area contributed by atoms with E-state index in [-0.39, 0.29) is 0 Å². The first-order chi connectivity index (χ1) is 10.3. The Morgan fingerprint density at radius 2 is 2.10 bits per heavy atom. The molecule has 0 saturated carbocycles. The molecule has 21 heavy (non-hydrogen) atoms. The van der Waals surface area contributed by atoms with Crippen molar-refractivity contribution in [2.24, 2.45) is 0 Å². The molecule has 2 aliphatic rings. The van der Waals surface area contributed by atoms with E-state index in [0.29, 0.717) is 30.5 Å². The first-order valence-electron chi connectivity index (χ1n) is 7.62. The Balaban J connectivity index is 1.48. The van der Waals surface area contributed by atoms with Crippen molar-refractivity contribution in [3.05, 3.63) is 40.8 Å². The SMILES string of the molecule is O=C(Cc1ccsc1)N1C2CCC1CC(n1cccn1)C2. The van der Waals surface area contributed by atoms with Crippen molar-refractivity contribution in [2.45, 2.75) is 50.2 Å². The van der Waals surface area contributed by atoms with Gasteiger partial charge < -0.3 is 4.90 Å². The van der Waals surface area contributed by atoms with E-state index < -0.39 is 0 Å². The van der Waals surface area contributed by atoms with E-state index in [0.717, 1.165) is 31.2 Å². The van der Waals surface area contributed by atoms with Gasteiger partial charge in [-0.25, -0.2) is 0 Å². The summed E-state index contributed by atoms with van der Waals surface area (Å²) in [5.74, 6) is 0.305. The van der Waals surface area contributed by atoms with E-state index in [9.17, 15) is 4.79 Å². The first-order valence-corrected chi connectivity index (χ1v) is 8.57. The second-order valence-electron chi connectivity index (χ2n) is 6.11. The Labute approximate surface area is 128 Å². The van der Waals surface area contributed by atoms with Gasteiger partial charge in [0.15, 0.2) is 0 Å².